The van der Waals surface area contributed by atoms with Crippen LogP contribution in [0.15, 0.2) is 0 Å². The number of aromatic amines is 1. The molecule has 0 spiro atoms. The van der Waals surface area contributed by atoms with Crippen molar-refractivity contribution in [2.75, 3.05) is 6.54 Å². The van der Waals surface area contributed by atoms with Gasteiger partial charge in [0.05, 0.1) is 5.69 Å². The topological polar surface area (TPSA) is 40.7 Å². The molecule has 1 atom stereocenters. The third kappa shape index (κ3) is 1.93. The Morgan fingerprint density at radius 2 is 2.13 bits per heavy atom. The highest BCUT2D eigenvalue weighted by Gasteiger charge is 2.19. The Labute approximate surface area is 90.7 Å². The van der Waals surface area contributed by atoms with Crippen LogP contribution in [0.2, 0.25) is 0 Å². The van der Waals surface area contributed by atoms with E-state index in [1.54, 1.807) is 0 Å². The van der Waals surface area contributed by atoms with Gasteiger partial charge in [-0.2, -0.15) is 0 Å². The molecule has 1 unspecified atom stereocenters. The van der Waals surface area contributed by atoms with Crippen LogP contribution in [0.5, 0.6) is 0 Å². The van der Waals surface area contributed by atoms with Crippen LogP contribution in [0.4, 0.5) is 0 Å². The molecule has 82 valence electrons. The van der Waals surface area contributed by atoms with Gasteiger partial charge in [0, 0.05) is 18.2 Å². The Morgan fingerprint density at radius 3 is 2.93 bits per heavy atom. The lowest BCUT2D eigenvalue weighted by molar-refractivity contribution is 0.588. The number of hydrogen-bond acceptors (Lipinski definition) is 2. The predicted octanol–water partition coefficient (Wildman–Crippen LogP) is 1.58. The second-order valence-corrected chi connectivity index (χ2v) is 4.81. The van der Waals surface area contributed by atoms with Gasteiger partial charge in [0.1, 0.15) is 5.82 Å². The van der Waals surface area contributed by atoms with Gasteiger partial charge >= 0.3 is 0 Å². The Balaban J connectivity index is 1.72. The molecular formula is C12H19N3. The molecular weight excluding hydrogens is 186 g/mol. The normalized spacial score (nSPS) is 25.5. The number of fused-ring (bicyclic) bond motifs is 1. The lowest BCUT2D eigenvalue weighted by atomic mass is 10.0. The highest BCUT2D eigenvalue weighted by atomic mass is 15.0. The minimum absolute atomic E-state index is 0.664. The molecule has 0 amide bonds. The fraction of sp³-hybridized carbons (Fsp3) is 0.750. The SMILES string of the molecule is C1CCc2[nH]c(CC3CCCN3)nc2C1. The summed E-state index contributed by atoms with van der Waals surface area (Å²) in [5, 5.41) is 3.53. The summed E-state index contributed by atoms with van der Waals surface area (Å²) < 4.78 is 0. The second-order valence-electron chi connectivity index (χ2n) is 4.81. The Morgan fingerprint density at radius 1 is 1.20 bits per heavy atom. The maximum Gasteiger partial charge on any atom is 0.108 e. The lowest BCUT2D eigenvalue weighted by Crippen LogP contribution is -2.24. The van der Waals surface area contributed by atoms with Gasteiger partial charge in [-0.05, 0) is 45.1 Å². The van der Waals surface area contributed by atoms with Gasteiger partial charge in [0.2, 0.25) is 0 Å². The molecule has 0 radical (unpaired) electrons. The summed E-state index contributed by atoms with van der Waals surface area (Å²) in [6.07, 6.45) is 8.77. The Kier molecular flexibility index (Phi) is 2.49. The van der Waals surface area contributed by atoms with Crippen LogP contribution >= 0.6 is 0 Å². The number of H-pyrrole nitrogens is 1. The lowest BCUT2D eigenvalue weighted by Gasteiger charge is -2.07. The summed E-state index contributed by atoms with van der Waals surface area (Å²) in [4.78, 5) is 8.23. The summed E-state index contributed by atoms with van der Waals surface area (Å²) in [5.41, 5.74) is 2.75. The van der Waals surface area contributed by atoms with E-state index < -0.39 is 0 Å². The van der Waals surface area contributed by atoms with Crippen molar-refractivity contribution in [3.8, 4) is 0 Å². The molecule has 1 aliphatic heterocycles. The zero-order valence-corrected chi connectivity index (χ0v) is 9.18. The van der Waals surface area contributed by atoms with E-state index in [-0.39, 0.29) is 0 Å². The van der Waals surface area contributed by atoms with E-state index in [1.807, 2.05) is 0 Å². The highest BCUT2D eigenvalue weighted by Crippen LogP contribution is 2.20. The van der Waals surface area contributed by atoms with Crippen molar-refractivity contribution in [3.05, 3.63) is 17.2 Å². The van der Waals surface area contributed by atoms with E-state index in [1.165, 1.54) is 62.3 Å². The van der Waals surface area contributed by atoms with Crippen LogP contribution in [0.25, 0.3) is 0 Å². The molecule has 2 heterocycles. The molecule has 1 aliphatic carbocycles. The second kappa shape index (κ2) is 3.97. The highest BCUT2D eigenvalue weighted by molar-refractivity contribution is 5.18. The number of hydrogen-bond donors (Lipinski definition) is 2. The summed E-state index contributed by atoms with van der Waals surface area (Å²) in [7, 11) is 0. The monoisotopic (exact) mass is 205 g/mol. The van der Waals surface area contributed by atoms with Crippen molar-refractivity contribution in [1.82, 2.24) is 15.3 Å². The van der Waals surface area contributed by atoms with Crippen molar-refractivity contribution >= 4 is 0 Å². The van der Waals surface area contributed by atoms with Gasteiger partial charge in [0.15, 0.2) is 0 Å². The average Bonchev–Trinajstić information content (AvgIpc) is 2.86. The van der Waals surface area contributed by atoms with E-state index in [9.17, 15) is 0 Å². The molecule has 3 nitrogen and oxygen atoms in total. The maximum atomic E-state index is 4.72. The molecule has 1 saturated heterocycles. The molecule has 0 saturated carbocycles. The molecule has 0 bridgehead atoms. The fourth-order valence-electron chi connectivity index (χ4n) is 2.77. The predicted molar refractivity (Wildman–Crippen MR) is 60.0 cm³/mol. The summed E-state index contributed by atoms with van der Waals surface area (Å²) >= 11 is 0. The average molecular weight is 205 g/mol. The third-order valence-corrected chi connectivity index (χ3v) is 3.61. The summed E-state index contributed by atoms with van der Waals surface area (Å²) in [6.45, 7) is 1.19. The van der Waals surface area contributed by atoms with Crippen LogP contribution < -0.4 is 5.32 Å². The van der Waals surface area contributed by atoms with Crippen LogP contribution in [0.3, 0.4) is 0 Å². The van der Waals surface area contributed by atoms with E-state index in [0.717, 1.165) is 6.42 Å². The maximum absolute atomic E-state index is 4.72. The standard InChI is InChI=1S/C12H19N3/c1-2-6-11-10(5-1)14-12(15-11)8-9-4-3-7-13-9/h9,13H,1-8H2,(H,14,15). The number of aryl methyl sites for hydroxylation is 2. The summed E-state index contributed by atoms with van der Waals surface area (Å²) in [6, 6.07) is 0.664. The van der Waals surface area contributed by atoms with Crippen LogP contribution in [0, 0.1) is 0 Å². The zero-order chi connectivity index (χ0) is 10.1. The zero-order valence-electron chi connectivity index (χ0n) is 9.18. The first-order valence-corrected chi connectivity index (χ1v) is 6.22. The quantitative estimate of drug-likeness (QED) is 0.769. The molecule has 1 aromatic rings. The molecule has 2 N–H and O–H groups in total. The molecule has 0 aromatic carbocycles. The van der Waals surface area contributed by atoms with E-state index in [4.69, 9.17) is 4.98 Å². The van der Waals surface area contributed by atoms with Crippen LogP contribution in [0.1, 0.15) is 42.9 Å². The smallest absolute Gasteiger partial charge is 0.108 e. The van der Waals surface area contributed by atoms with E-state index >= 15 is 0 Å². The number of rotatable bonds is 2. The van der Waals surface area contributed by atoms with Gasteiger partial charge in [0.25, 0.3) is 0 Å². The van der Waals surface area contributed by atoms with Gasteiger partial charge in [-0.25, -0.2) is 4.98 Å². The minimum atomic E-state index is 0.664. The van der Waals surface area contributed by atoms with E-state index in [0.29, 0.717) is 6.04 Å². The van der Waals surface area contributed by atoms with Crippen molar-refractivity contribution < 1.29 is 0 Å². The number of imidazole rings is 1. The molecule has 15 heavy (non-hydrogen) atoms. The molecule has 1 aromatic heterocycles. The first kappa shape index (κ1) is 9.40. The Bertz CT molecular complexity index is 313. The molecule has 1 fully saturated rings. The first-order valence-electron chi connectivity index (χ1n) is 6.22. The van der Waals surface area contributed by atoms with Gasteiger partial charge in [-0.15, -0.1) is 0 Å². The van der Waals surface area contributed by atoms with Gasteiger partial charge in [-0.1, -0.05) is 0 Å². The van der Waals surface area contributed by atoms with Crippen molar-refractivity contribution in [3.63, 3.8) is 0 Å². The van der Waals surface area contributed by atoms with Crippen molar-refractivity contribution in [1.29, 1.82) is 0 Å². The van der Waals surface area contributed by atoms with Gasteiger partial charge in [-0.3, -0.25) is 0 Å². The molecule has 2 aliphatic rings. The van der Waals surface area contributed by atoms with Crippen molar-refractivity contribution in [2.45, 2.75) is 51.0 Å². The molecule has 3 rings (SSSR count). The van der Waals surface area contributed by atoms with Gasteiger partial charge < -0.3 is 10.3 Å². The first-order chi connectivity index (χ1) is 7.42. The third-order valence-electron chi connectivity index (χ3n) is 3.61. The minimum Gasteiger partial charge on any atom is -0.346 e. The van der Waals surface area contributed by atoms with Crippen molar-refractivity contribution in [2.24, 2.45) is 0 Å². The fourth-order valence-corrected chi connectivity index (χ4v) is 2.77. The van der Waals surface area contributed by atoms with Crippen LogP contribution in [-0.4, -0.2) is 22.6 Å². The largest absolute Gasteiger partial charge is 0.346 e. The summed E-state index contributed by atoms with van der Waals surface area (Å²) in [5.74, 6) is 1.21. The molecule has 3 heteroatoms. The number of nitrogens with one attached hydrogen (secondary N) is 2. The van der Waals surface area contributed by atoms with Crippen LogP contribution in [-0.2, 0) is 19.3 Å². The number of nitrogens with zero attached hydrogens (tertiary/aromatic N) is 1. The number of aromatic nitrogens is 2. The Hall–Kier alpha value is -0.830. The van der Waals surface area contributed by atoms with E-state index in [2.05, 4.69) is 10.3 Å².